The Balaban J connectivity index is 3.48. The van der Waals surface area contributed by atoms with E-state index in [0.29, 0.717) is 0 Å². The van der Waals surface area contributed by atoms with Crippen molar-refractivity contribution in [1.82, 2.24) is 0 Å². The van der Waals surface area contributed by atoms with E-state index in [9.17, 15) is 14.4 Å². The van der Waals surface area contributed by atoms with Gasteiger partial charge >= 0.3 is 0 Å². The Kier molecular flexibility index (Phi) is 2.48. The van der Waals surface area contributed by atoms with E-state index in [2.05, 4.69) is 0 Å². The molecule has 1 aliphatic rings. The predicted octanol–water partition coefficient (Wildman–Crippen LogP) is 0.562. The van der Waals surface area contributed by atoms with Crippen molar-refractivity contribution >= 4 is 46.4 Å². The van der Waals surface area contributed by atoms with E-state index in [1.165, 1.54) is 5.87 Å². The van der Waals surface area contributed by atoms with Crippen LogP contribution in [0.3, 0.4) is 0 Å². The van der Waals surface area contributed by atoms with Gasteiger partial charge in [-0.1, -0.05) is 23.2 Å². The minimum absolute atomic E-state index is 0.581. The molecule has 0 N–H and O–H groups in total. The molecule has 0 fully saturated rings. The number of carbonyl (C=O) groups excluding carboxylic acids is 3. The number of hydrogen-bond donors (Lipinski definition) is 0. The maximum atomic E-state index is 11.0. The van der Waals surface area contributed by atoms with Gasteiger partial charge in [0, 0.05) is 0 Å². The highest BCUT2D eigenvalue weighted by Crippen LogP contribution is 2.24. The molecule has 0 saturated heterocycles. The molecular weight excluding hydrogens is 217 g/mol. The smallest absolute Gasteiger partial charge is 0.247 e. The van der Waals surface area contributed by atoms with Crippen molar-refractivity contribution in [2.75, 3.05) is 0 Å². The molecule has 1 aliphatic carbocycles. The molecule has 0 spiro atoms. The van der Waals surface area contributed by atoms with Gasteiger partial charge in [-0.25, -0.2) is 0 Å². The van der Waals surface area contributed by atoms with Crippen molar-refractivity contribution in [2.45, 2.75) is 0 Å². The summed E-state index contributed by atoms with van der Waals surface area (Å²) in [6.45, 7) is 0. The molecule has 6 heteroatoms. The number of halogens is 2. The largest absolute Gasteiger partial charge is 0.763 e. The first-order chi connectivity index (χ1) is 6.00. The highest BCUT2D eigenvalue weighted by molar-refractivity contribution is 6.73. The monoisotopic (exact) mass is 216 g/mol. The summed E-state index contributed by atoms with van der Waals surface area (Å²) >= 11 is 10.6. The van der Waals surface area contributed by atoms with Crippen LogP contribution in [0.4, 0.5) is 0 Å². The van der Waals surface area contributed by atoms with Gasteiger partial charge in [0.1, 0.15) is 10.1 Å². The van der Waals surface area contributed by atoms with E-state index < -0.39 is 33.0 Å². The third-order valence-corrected chi connectivity index (χ3v) is 2.18. The number of rotatable bonds is 0. The second-order valence-corrected chi connectivity index (χ2v) is 2.86. The summed E-state index contributed by atoms with van der Waals surface area (Å²) in [5, 5.41) is 7.14. The summed E-state index contributed by atoms with van der Waals surface area (Å²) < 4.78 is 0. The number of nitrogens with zero attached hydrogens (tertiary/aromatic N) is 1. The van der Waals surface area contributed by atoms with Gasteiger partial charge in [-0.3, -0.25) is 20.3 Å². The topological polar surface area (TPSA) is 73.5 Å². The van der Waals surface area contributed by atoms with Crippen molar-refractivity contribution in [2.24, 2.45) is 0 Å². The van der Waals surface area contributed by atoms with Crippen LogP contribution in [0.15, 0.2) is 15.6 Å². The van der Waals surface area contributed by atoms with Crippen LogP contribution >= 0.6 is 23.2 Å². The maximum Gasteiger partial charge on any atom is 0.247 e. The zero-order valence-corrected chi connectivity index (χ0v) is 7.44. The van der Waals surface area contributed by atoms with Gasteiger partial charge < -0.3 is 5.41 Å². The summed E-state index contributed by atoms with van der Waals surface area (Å²) in [5.74, 6) is -2.03. The summed E-state index contributed by atoms with van der Waals surface area (Å²) in [4.78, 5) is 32.8. The van der Waals surface area contributed by atoms with E-state index >= 15 is 0 Å². The van der Waals surface area contributed by atoms with Crippen LogP contribution < -0.4 is 0 Å². The number of hydrogen-bond acceptors (Lipinski definition) is 3. The summed E-state index contributed by atoms with van der Waals surface area (Å²) in [5.41, 5.74) is -0.792. The SMILES string of the molecule is [N-]=C=C1C(=O)C(=O)C(Cl)=C(Cl)C1=O. The summed E-state index contributed by atoms with van der Waals surface area (Å²) in [6, 6.07) is 0. The van der Waals surface area contributed by atoms with E-state index in [-0.39, 0.29) is 0 Å². The minimum Gasteiger partial charge on any atom is -0.763 e. The first-order valence-electron chi connectivity index (χ1n) is 2.96. The lowest BCUT2D eigenvalue weighted by Crippen LogP contribution is -2.28. The summed E-state index contributed by atoms with van der Waals surface area (Å²) in [6.07, 6.45) is 0. The van der Waals surface area contributed by atoms with Gasteiger partial charge in [0.2, 0.25) is 17.3 Å². The lowest BCUT2D eigenvalue weighted by atomic mass is 9.98. The van der Waals surface area contributed by atoms with Crippen molar-refractivity contribution in [1.29, 1.82) is 0 Å². The number of ketones is 3. The van der Waals surface area contributed by atoms with Gasteiger partial charge in [-0.15, -0.1) is 0 Å². The molecule has 0 unspecified atom stereocenters. The molecular formula is C7Cl2NO3-. The fourth-order valence-electron chi connectivity index (χ4n) is 0.727. The van der Waals surface area contributed by atoms with Crippen LogP contribution in [0.1, 0.15) is 0 Å². The Morgan fingerprint density at radius 3 is 1.85 bits per heavy atom. The normalized spacial score (nSPS) is 18.0. The zero-order chi connectivity index (χ0) is 10.2. The van der Waals surface area contributed by atoms with Gasteiger partial charge in [0.05, 0.1) is 5.57 Å². The lowest BCUT2D eigenvalue weighted by molar-refractivity contribution is -0.133. The molecule has 0 radical (unpaired) electrons. The Bertz CT molecular complexity index is 415. The van der Waals surface area contributed by atoms with Crippen molar-refractivity contribution in [3.8, 4) is 0 Å². The van der Waals surface area contributed by atoms with E-state index in [0.717, 1.165) is 0 Å². The summed E-state index contributed by atoms with van der Waals surface area (Å²) in [7, 11) is 0. The molecule has 1 rings (SSSR count). The quantitative estimate of drug-likeness (QED) is 0.257. The number of carbonyl (C=O) groups is 3. The molecule has 0 heterocycles. The molecule has 0 atom stereocenters. The van der Waals surface area contributed by atoms with Gasteiger partial charge in [0.15, 0.2) is 0 Å². The zero-order valence-electron chi connectivity index (χ0n) is 5.93. The molecule has 0 aromatic rings. The molecule has 0 amide bonds. The average molecular weight is 217 g/mol. The fourth-order valence-corrected chi connectivity index (χ4v) is 1.08. The van der Waals surface area contributed by atoms with E-state index in [1.807, 2.05) is 0 Å². The number of allylic oxidation sites excluding steroid dienone is 3. The van der Waals surface area contributed by atoms with Crippen LogP contribution in [0.25, 0.3) is 5.41 Å². The van der Waals surface area contributed by atoms with Crippen LogP contribution in [0.5, 0.6) is 0 Å². The molecule has 0 aromatic carbocycles. The van der Waals surface area contributed by atoms with E-state index in [1.54, 1.807) is 0 Å². The Labute approximate surface area is 82.3 Å². The van der Waals surface area contributed by atoms with E-state index in [4.69, 9.17) is 28.6 Å². The fraction of sp³-hybridized carbons (Fsp3) is 0. The standard InChI is InChI=1S/C7Cl2NO3/c8-3-4(9)7(13)6(12)2(1-10)5(3)11/q-1. The molecule has 0 aromatic heterocycles. The highest BCUT2D eigenvalue weighted by Gasteiger charge is 2.35. The van der Waals surface area contributed by atoms with Gasteiger partial charge in [-0.05, 0) is 0 Å². The molecule has 13 heavy (non-hydrogen) atoms. The van der Waals surface area contributed by atoms with Crippen LogP contribution in [0.2, 0.25) is 0 Å². The first-order valence-corrected chi connectivity index (χ1v) is 3.72. The molecule has 0 aliphatic heterocycles. The van der Waals surface area contributed by atoms with Gasteiger partial charge in [-0.2, -0.15) is 0 Å². The molecule has 66 valence electrons. The predicted molar refractivity (Wildman–Crippen MR) is 45.6 cm³/mol. The first kappa shape index (κ1) is 9.86. The van der Waals surface area contributed by atoms with Crippen LogP contribution in [-0.2, 0) is 14.4 Å². The van der Waals surface area contributed by atoms with Crippen molar-refractivity contribution < 1.29 is 14.4 Å². The third-order valence-electron chi connectivity index (χ3n) is 1.36. The van der Waals surface area contributed by atoms with Crippen LogP contribution in [0, 0.1) is 0 Å². The second-order valence-electron chi connectivity index (χ2n) is 2.10. The van der Waals surface area contributed by atoms with Crippen molar-refractivity contribution in [3.63, 3.8) is 0 Å². The Morgan fingerprint density at radius 1 is 0.923 bits per heavy atom. The number of Topliss-reactive ketones (excluding diaryl/α,β-unsaturated/α-hetero) is 3. The lowest BCUT2D eigenvalue weighted by Gasteiger charge is -2.09. The maximum absolute atomic E-state index is 11.0. The average Bonchev–Trinajstić information content (AvgIpc) is 2.13. The van der Waals surface area contributed by atoms with Crippen molar-refractivity contribution in [3.05, 3.63) is 21.0 Å². The molecule has 0 saturated carbocycles. The van der Waals surface area contributed by atoms with Gasteiger partial charge in [0.25, 0.3) is 0 Å². The Morgan fingerprint density at radius 2 is 1.38 bits per heavy atom. The Hall–Kier alpha value is -1.22. The second kappa shape index (κ2) is 3.26. The molecule has 0 bridgehead atoms. The van der Waals surface area contributed by atoms with Crippen LogP contribution in [-0.4, -0.2) is 23.2 Å². The minimum atomic E-state index is -1.21. The molecule has 4 nitrogen and oxygen atoms in total. The third kappa shape index (κ3) is 1.35. The highest BCUT2D eigenvalue weighted by atomic mass is 35.5.